The molecular weight excluding hydrogens is 458 g/mol. The molecule has 0 spiro atoms. The number of benzene rings is 1. The number of hydrogen-bond acceptors (Lipinski definition) is 8. The van der Waals surface area contributed by atoms with Crippen LogP contribution in [0.3, 0.4) is 0 Å². The van der Waals surface area contributed by atoms with Gasteiger partial charge in [-0.3, -0.25) is 14.4 Å². The van der Waals surface area contributed by atoms with Crippen LogP contribution >= 0.6 is 11.6 Å². The molecule has 5 rings (SSSR count). The summed E-state index contributed by atoms with van der Waals surface area (Å²) in [5, 5.41) is 7.92. The lowest BCUT2D eigenvalue weighted by Gasteiger charge is -2.42. The van der Waals surface area contributed by atoms with Crippen molar-refractivity contribution in [3.8, 4) is 17.1 Å². The lowest BCUT2D eigenvalue weighted by molar-refractivity contribution is -0.151. The number of carbonyl (C=O) groups is 1. The van der Waals surface area contributed by atoms with Gasteiger partial charge < -0.3 is 19.7 Å². The van der Waals surface area contributed by atoms with E-state index in [-0.39, 0.29) is 12.1 Å². The van der Waals surface area contributed by atoms with Gasteiger partial charge in [0, 0.05) is 51.4 Å². The van der Waals surface area contributed by atoms with Crippen molar-refractivity contribution >= 4 is 29.1 Å². The van der Waals surface area contributed by atoms with Gasteiger partial charge in [-0.05, 0) is 24.3 Å². The molecule has 4 heterocycles. The first-order valence-electron chi connectivity index (χ1n) is 11.1. The number of amides is 1. The SMILES string of the molecule is COc1cc(C(=O)N2CCN(C3CCO3)CC2)ccc1Nc1ncc(Cl)c(-c2ccn(C)n2)n1. The Hall–Kier alpha value is -3.21. The topological polar surface area (TPSA) is 97.6 Å². The average molecular weight is 484 g/mol. The van der Waals surface area contributed by atoms with Crippen molar-refractivity contribution in [3.63, 3.8) is 0 Å². The minimum absolute atomic E-state index is 0.0146. The Labute approximate surface area is 202 Å². The molecule has 2 aliphatic rings. The monoisotopic (exact) mass is 483 g/mol. The normalized spacial score (nSPS) is 18.4. The predicted molar refractivity (Wildman–Crippen MR) is 127 cm³/mol. The minimum Gasteiger partial charge on any atom is -0.495 e. The van der Waals surface area contributed by atoms with E-state index in [1.807, 2.05) is 24.2 Å². The van der Waals surface area contributed by atoms with Crippen molar-refractivity contribution in [3.05, 3.63) is 47.2 Å². The van der Waals surface area contributed by atoms with Crippen molar-refractivity contribution in [1.29, 1.82) is 0 Å². The summed E-state index contributed by atoms with van der Waals surface area (Å²) in [5.41, 5.74) is 2.38. The summed E-state index contributed by atoms with van der Waals surface area (Å²) in [4.78, 5) is 26.0. The second-order valence-electron chi connectivity index (χ2n) is 8.25. The number of hydrogen-bond donors (Lipinski definition) is 1. The van der Waals surface area contributed by atoms with E-state index in [9.17, 15) is 4.79 Å². The summed E-state index contributed by atoms with van der Waals surface area (Å²) in [6, 6.07) is 7.15. The van der Waals surface area contributed by atoms with Crippen LogP contribution in [0.15, 0.2) is 36.7 Å². The lowest BCUT2D eigenvalue weighted by Crippen LogP contribution is -2.55. The number of aromatic nitrogens is 4. The molecule has 1 atom stereocenters. The average Bonchev–Trinajstić information content (AvgIpc) is 3.25. The smallest absolute Gasteiger partial charge is 0.254 e. The number of carbonyl (C=O) groups excluding carboxylic acids is 1. The van der Waals surface area contributed by atoms with Crippen molar-refractivity contribution in [2.24, 2.45) is 7.05 Å². The number of anilines is 2. The number of ether oxygens (including phenoxy) is 2. The number of aryl methyl sites for hydroxylation is 1. The molecule has 3 aromatic rings. The summed E-state index contributed by atoms with van der Waals surface area (Å²) < 4.78 is 12.8. The third-order valence-corrected chi connectivity index (χ3v) is 6.36. The van der Waals surface area contributed by atoms with E-state index in [4.69, 9.17) is 21.1 Å². The molecule has 2 aromatic heterocycles. The number of nitrogens with one attached hydrogen (secondary N) is 1. The molecule has 2 fully saturated rings. The molecule has 34 heavy (non-hydrogen) atoms. The largest absolute Gasteiger partial charge is 0.495 e. The quantitative estimate of drug-likeness (QED) is 0.571. The second kappa shape index (κ2) is 9.57. The molecule has 0 radical (unpaired) electrons. The maximum absolute atomic E-state index is 13.1. The number of rotatable bonds is 6. The molecule has 178 valence electrons. The van der Waals surface area contributed by atoms with Crippen LogP contribution in [0.5, 0.6) is 5.75 Å². The van der Waals surface area contributed by atoms with E-state index in [0.29, 0.717) is 52.4 Å². The van der Waals surface area contributed by atoms with Crippen LogP contribution in [0.4, 0.5) is 11.6 Å². The first-order chi connectivity index (χ1) is 16.5. The Balaban J connectivity index is 1.30. The van der Waals surface area contributed by atoms with Gasteiger partial charge in [0.15, 0.2) is 0 Å². The molecule has 0 aliphatic carbocycles. The Morgan fingerprint density at radius 1 is 1.24 bits per heavy atom. The van der Waals surface area contributed by atoms with E-state index in [0.717, 1.165) is 26.1 Å². The third kappa shape index (κ3) is 4.56. The highest BCUT2D eigenvalue weighted by molar-refractivity contribution is 6.32. The van der Waals surface area contributed by atoms with E-state index >= 15 is 0 Å². The molecule has 1 aromatic carbocycles. The van der Waals surface area contributed by atoms with Gasteiger partial charge in [-0.1, -0.05) is 11.6 Å². The summed E-state index contributed by atoms with van der Waals surface area (Å²) >= 11 is 6.29. The van der Waals surface area contributed by atoms with Crippen LogP contribution in [-0.2, 0) is 11.8 Å². The highest BCUT2D eigenvalue weighted by atomic mass is 35.5. The number of halogens is 1. The molecule has 2 aliphatic heterocycles. The van der Waals surface area contributed by atoms with Gasteiger partial charge in [0.05, 0.1) is 30.6 Å². The van der Waals surface area contributed by atoms with Gasteiger partial charge in [-0.2, -0.15) is 5.10 Å². The zero-order valence-corrected chi connectivity index (χ0v) is 19.8. The van der Waals surface area contributed by atoms with Crippen LogP contribution in [0, 0.1) is 0 Å². The van der Waals surface area contributed by atoms with Crippen molar-refractivity contribution < 1.29 is 14.3 Å². The van der Waals surface area contributed by atoms with Gasteiger partial charge in [-0.15, -0.1) is 0 Å². The Morgan fingerprint density at radius 2 is 2.03 bits per heavy atom. The van der Waals surface area contributed by atoms with Crippen LogP contribution < -0.4 is 10.1 Å². The molecule has 0 saturated carbocycles. The maximum Gasteiger partial charge on any atom is 0.254 e. The van der Waals surface area contributed by atoms with Crippen LogP contribution in [-0.4, -0.2) is 81.6 Å². The van der Waals surface area contributed by atoms with E-state index in [1.165, 1.54) is 6.20 Å². The number of methoxy groups -OCH3 is 1. The number of nitrogens with zero attached hydrogens (tertiary/aromatic N) is 6. The van der Waals surface area contributed by atoms with Crippen molar-refractivity contribution in [1.82, 2.24) is 29.5 Å². The summed E-state index contributed by atoms with van der Waals surface area (Å²) in [6.07, 6.45) is 4.64. The van der Waals surface area contributed by atoms with E-state index in [2.05, 4.69) is 25.3 Å². The first kappa shape index (κ1) is 22.6. The summed E-state index contributed by atoms with van der Waals surface area (Å²) in [7, 11) is 3.39. The fourth-order valence-corrected chi connectivity index (χ4v) is 4.29. The number of piperazine rings is 1. The van der Waals surface area contributed by atoms with Crippen LogP contribution in [0.2, 0.25) is 5.02 Å². The lowest BCUT2D eigenvalue weighted by atomic mass is 10.1. The maximum atomic E-state index is 13.1. The third-order valence-electron chi connectivity index (χ3n) is 6.08. The Kier molecular flexibility index (Phi) is 6.36. The fourth-order valence-electron chi connectivity index (χ4n) is 4.10. The highest BCUT2D eigenvalue weighted by Crippen LogP contribution is 2.30. The summed E-state index contributed by atoms with van der Waals surface area (Å²) in [6.45, 7) is 3.82. The first-order valence-corrected chi connectivity index (χ1v) is 11.5. The van der Waals surface area contributed by atoms with Crippen molar-refractivity contribution in [2.75, 3.05) is 45.2 Å². The predicted octanol–water partition coefficient (Wildman–Crippen LogP) is 2.79. The molecule has 11 heteroatoms. The molecular formula is C23H26ClN7O3. The van der Waals surface area contributed by atoms with Gasteiger partial charge >= 0.3 is 0 Å². The Morgan fingerprint density at radius 3 is 2.68 bits per heavy atom. The zero-order chi connectivity index (χ0) is 23.7. The standard InChI is InChI=1S/C23H26ClN7O3/c1-29-7-5-18(28-29)21-16(24)14-25-23(27-21)26-17-4-3-15(13-19(17)33-2)22(32)31-10-8-30(9-11-31)20-6-12-34-20/h3-5,7,13-14,20H,6,8-12H2,1-2H3,(H,25,26,27). The summed E-state index contributed by atoms with van der Waals surface area (Å²) in [5.74, 6) is 0.848. The molecule has 2 saturated heterocycles. The van der Waals surface area contributed by atoms with Crippen LogP contribution in [0.25, 0.3) is 11.4 Å². The molecule has 0 bridgehead atoms. The van der Waals surface area contributed by atoms with Gasteiger partial charge in [0.2, 0.25) is 5.95 Å². The van der Waals surface area contributed by atoms with Crippen molar-refractivity contribution in [2.45, 2.75) is 12.6 Å². The van der Waals surface area contributed by atoms with E-state index in [1.54, 1.807) is 30.0 Å². The molecule has 1 unspecified atom stereocenters. The zero-order valence-electron chi connectivity index (χ0n) is 19.1. The highest BCUT2D eigenvalue weighted by Gasteiger charge is 2.30. The second-order valence-corrected chi connectivity index (χ2v) is 8.65. The van der Waals surface area contributed by atoms with Gasteiger partial charge in [0.25, 0.3) is 5.91 Å². The minimum atomic E-state index is -0.0146. The molecule has 1 amide bonds. The van der Waals surface area contributed by atoms with E-state index < -0.39 is 0 Å². The fraction of sp³-hybridized carbons (Fsp3) is 0.391. The van der Waals surface area contributed by atoms with Gasteiger partial charge in [0.1, 0.15) is 23.4 Å². The molecule has 10 nitrogen and oxygen atoms in total. The Bertz CT molecular complexity index is 1190. The molecule has 1 N–H and O–H groups in total. The van der Waals surface area contributed by atoms with Crippen LogP contribution in [0.1, 0.15) is 16.8 Å². The van der Waals surface area contributed by atoms with Gasteiger partial charge in [-0.25, -0.2) is 9.97 Å².